The zero-order valence-electron chi connectivity index (χ0n) is 25.5. The van der Waals surface area contributed by atoms with Gasteiger partial charge in [0.2, 0.25) is 0 Å². The standard InChI is InChI=1S/C36H40Cl2N2O4/c1-23(2)25-15-17-36(18-16-25,40-33(26-9-10-26)27-11-13-28(14-12-27)35(42)43-3)39-32(21-41)29-19-30(37)34(31(38)20-29)44-22-24-7-5-4-6-8-24/h4-8,11-14,19-21,23,25-26,33,40H,9-10,15-18,22H2,1-3H3/t25?,33-,36?/m1/s1. The van der Waals surface area contributed by atoms with Gasteiger partial charge in [-0.3, -0.25) is 15.1 Å². The molecule has 1 N–H and O–H groups in total. The predicted molar refractivity (Wildman–Crippen MR) is 176 cm³/mol. The SMILES string of the molecule is COC(=O)c1ccc([C@H](NC2(N=C(C=O)c3cc(Cl)c(OCc4ccccc4)c(Cl)c3)CCC(C(C)C)CC2)C2CC2)cc1. The first kappa shape index (κ1) is 32.2. The Bertz CT molecular complexity index is 1450. The fourth-order valence-corrected chi connectivity index (χ4v) is 6.77. The Kier molecular flexibility index (Phi) is 10.5. The second-order valence-electron chi connectivity index (χ2n) is 12.3. The first-order valence-electron chi connectivity index (χ1n) is 15.4. The van der Waals surface area contributed by atoms with Crippen molar-refractivity contribution in [3.63, 3.8) is 0 Å². The number of hydrogen-bond donors (Lipinski definition) is 1. The zero-order valence-corrected chi connectivity index (χ0v) is 27.0. The van der Waals surface area contributed by atoms with E-state index in [4.69, 9.17) is 37.7 Å². The number of esters is 1. The summed E-state index contributed by atoms with van der Waals surface area (Å²) in [5, 5.41) is 4.58. The molecule has 2 aliphatic carbocycles. The number of aliphatic imine (C=N–C) groups is 1. The quantitative estimate of drug-likeness (QED) is 0.123. The minimum atomic E-state index is -0.642. The maximum absolute atomic E-state index is 12.6. The van der Waals surface area contributed by atoms with Crippen LogP contribution in [0.3, 0.4) is 0 Å². The highest BCUT2D eigenvalue weighted by molar-refractivity contribution is 6.41. The average molecular weight is 636 g/mol. The van der Waals surface area contributed by atoms with Crippen LogP contribution in [-0.4, -0.2) is 30.7 Å². The third-order valence-electron chi connectivity index (χ3n) is 8.97. The van der Waals surface area contributed by atoms with Crippen LogP contribution in [0.25, 0.3) is 0 Å². The van der Waals surface area contributed by atoms with Crippen molar-refractivity contribution in [3.05, 3.63) is 99.0 Å². The van der Waals surface area contributed by atoms with E-state index in [1.54, 1.807) is 12.1 Å². The van der Waals surface area contributed by atoms with Crippen molar-refractivity contribution in [2.45, 2.75) is 70.7 Å². The molecule has 0 saturated heterocycles. The fraction of sp³-hybridized carbons (Fsp3) is 0.417. The van der Waals surface area contributed by atoms with Gasteiger partial charge in [-0.05, 0) is 91.7 Å². The second kappa shape index (κ2) is 14.3. The highest BCUT2D eigenvalue weighted by Crippen LogP contribution is 2.45. The van der Waals surface area contributed by atoms with Crippen molar-refractivity contribution in [3.8, 4) is 5.75 Å². The van der Waals surface area contributed by atoms with E-state index < -0.39 is 5.66 Å². The Balaban J connectivity index is 1.45. The third kappa shape index (κ3) is 7.71. The van der Waals surface area contributed by atoms with Gasteiger partial charge in [-0.15, -0.1) is 0 Å². The van der Waals surface area contributed by atoms with Gasteiger partial charge in [0, 0.05) is 11.6 Å². The molecule has 0 radical (unpaired) electrons. The molecule has 5 rings (SSSR count). The van der Waals surface area contributed by atoms with Crippen molar-refractivity contribution in [2.75, 3.05) is 7.11 Å². The minimum Gasteiger partial charge on any atom is -0.486 e. The van der Waals surface area contributed by atoms with E-state index >= 15 is 0 Å². The molecule has 232 valence electrons. The number of ether oxygens (including phenoxy) is 2. The van der Waals surface area contributed by atoms with Crippen molar-refractivity contribution >= 4 is 41.2 Å². The molecule has 2 fully saturated rings. The number of carbonyl (C=O) groups excluding carboxylic acids is 2. The summed E-state index contributed by atoms with van der Waals surface area (Å²) < 4.78 is 10.8. The van der Waals surface area contributed by atoms with E-state index in [0.29, 0.717) is 57.0 Å². The van der Waals surface area contributed by atoms with E-state index in [-0.39, 0.29) is 12.0 Å². The Hall–Kier alpha value is -3.19. The predicted octanol–water partition coefficient (Wildman–Crippen LogP) is 8.63. The van der Waals surface area contributed by atoms with Gasteiger partial charge < -0.3 is 9.47 Å². The van der Waals surface area contributed by atoms with E-state index in [9.17, 15) is 9.59 Å². The summed E-state index contributed by atoms with van der Waals surface area (Å²) in [4.78, 5) is 29.9. The number of nitrogens with one attached hydrogen (secondary N) is 1. The summed E-state index contributed by atoms with van der Waals surface area (Å²) in [5.74, 6) is 1.65. The van der Waals surface area contributed by atoms with E-state index in [1.807, 2.05) is 54.6 Å². The Labute approximate surface area is 270 Å². The van der Waals surface area contributed by atoms with Crippen molar-refractivity contribution in [1.82, 2.24) is 5.32 Å². The molecule has 3 aromatic carbocycles. The van der Waals surface area contributed by atoms with E-state index in [1.165, 1.54) is 7.11 Å². The van der Waals surface area contributed by atoms with E-state index in [2.05, 4.69) is 19.2 Å². The van der Waals surface area contributed by atoms with Crippen LogP contribution in [0.15, 0.2) is 71.7 Å². The molecule has 6 nitrogen and oxygen atoms in total. The van der Waals surface area contributed by atoms with Gasteiger partial charge >= 0.3 is 5.97 Å². The minimum absolute atomic E-state index is 0.0369. The van der Waals surface area contributed by atoms with Crippen LogP contribution in [0.5, 0.6) is 5.75 Å². The maximum Gasteiger partial charge on any atom is 0.337 e. The largest absolute Gasteiger partial charge is 0.486 e. The molecule has 3 aromatic rings. The van der Waals surface area contributed by atoms with Crippen LogP contribution < -0.4 is 10.1 Å². The van der Waals surface area contributed by atoms with Gasteiger partial charge in [0.25, 0.3) is 0 Å². The molecule has 0 unspecified atom stereocenters. The van der Waals surface area contributed by atoms with Crippen molar-refractivity contribution in [2.24, 2.45) is 22.7 Å². The lowest BCUT2D eigenvalue weighted by atomic mass is 9.76. The van der Waals surface area contributed by atoms with Crippen LogP contribution in [0.4, 0.5) is 0 Å². The smallest absolute Gasteiger partial charge is 0.337 e. The normalized spacial score (nSPS) is 21.1. The molecular weight excluding hydrogens is 595 g/mol. The Morgan fingerprint density at radius 2 is 1.59 bits per heavy atom. The van der Waals surface area contributed by atoms with Crippen LogP contribution >= 0.6 is 23.2 Å². The molecule has 0 aliphatic heterocycles. The van der Waals surface area contributed by atoms with Gasteiger partial charge in [-0.25, -0.2) is 4.79 Å². The van der Waals surface area contributed by atoms with Gasteiger partial charge in [0.1, 0.15) is 18.0 Å². The lowest BCUT2D eigenvalue weighted by Crippen LogP contribution is -2.49. The van der Waals surface area contributed by atoms with Crippen LogP contribution in [-0.2, 0) is 16.1 Å². The third-order valence-corrected chi connectivity index (χ3v) is 9.54. The van der Waals surface area contributed by atoms with Gasteiger partial charge in [0.15, 0.2) is 12.0 Å². The molecule has 0 spiro atoms. The first-order chi connectivity index (χ1) is 21.2. The Morgan fingerprint density at radius 1 is 0.955 bits per heavy atom. The van der Waals surface area contributed by atoms with E-state index in [0.717, 1.165) is 55.9 Å². The average Bonchev–Trinajstić information content (AvgIpc) is 3.88. The summed E-state index contributed by atoms with van der Waals surface area (Å²) in [5.41, 5.74) is 2.82. The molecule has 2 saturated carbocycles. The summed E-state index contributed by atoms with van der Waals surface area (Å²) >= 11 is 13.3. The number of carbonyl (C=O) groups is 2. The second-order valence-corrected chi connectivity index (χ2v) is 13.2. The molecule has 0 bridgehead atoms. The van der Waals surface area contributed by atoms with Crippen LogP contribution in [0.1, 0.15) is 85.5 Å². The number of aldehydes is 1. The van der Waals surface area contributed by atoms with Gasteiger partial charge in [0.05, 0.1) is 22.7 Å². The van der Waals surface area contributed by atoms with Crippen LogP contribution in [0.2, 0.25) is 10.0 Å². The number of methoxy groups -OCH3 is 1. The molecule has 0 heterocycles. The van der Waals surface area contributed by atoms with Crippen LogP contribution in [0, 0.1) is 17.8 Å². The number of benzene rings is 3. The molecule has 44 heavy (non-hydrogen) atoms. The number of nitrogens with zero attached hydrogens (tertiary/aromatic N) is 1. The maximum atomic E-state index is 12.6. The van der Waals surface area contributed by atoms with Gasteiger partial charge in [-0.2, -0.15) is 0 Å². The Morgan fingerprint density at radius 3 is 2.14 bits per heavy atom. The zero-order chi connectivity index (χ0) is 31.3. The first-order valence-corrected chi connectivity index (χ1v) is 16.1. The monoisotopic (exact) mass is 634 g/mol. The summed E-state index contributed by atoms with van der Waals surface area (Å²) in [7, 11) is 1.39. The van der Waals surface area contributed by atoms with Crippen molar-refractivity contribution in [1.29, 1.82) is 0 Å². The highest BCUT2D eigenvalue weighted by atomic mass is 35.5. The molecule has 0 amide bonds. The molecule has 2 aliphatic rings. The lowest BCUT2D eigenvalue weighted by Gasteiger charge is -2.42. The highest BCUT2D eigenvalue weighted by Gasteiger charge is 2.42. The molecular formula is C36H40Cl2N2O4. The molecule has 8 heteroatoms. The topological polar surface area (TPSA) is 77.0 Å². The molecule has 0 aromatic heterocycles. The van der Waals surface area contributed by atoms with Gasteiger partial charge in [-0.1, -0.05) is 79.5 Å². The summed E-state index contributed by atoms with van der Waals surface area (Å²) in [6.45, 7) is 4.86. The number of hydrogen-bond acceptors (Lipinski definition) is 6. The fourth-order valence-electron chi connectivity index (χ4n) is 6.17. The summed E-state index contributed by atoms with van der Waals surface area (Å²) in [6.07, 6.45) is 6.63. The lowest BCUT2D eigenvalue weighted by molar-refractivity contribution is -0.102. The number of rotatable bonds is 12. The van der Waals surface area contributed by atoms with Crippen molar-refractivity contribution < 1.29 is 19.1 Å². The molecule has 1 atom stereocenters. The summed E-state index contributed by atoms with van der Waals surface area (Å²) in [6, 6.07) is 20.8. The number of halogens is 2.